The third kappa shape index (κ3) is 4.56. The van der Waals surface area contributed by atoms with Gasteiger partial charge in [0.05, 0.1) is 4.92 Å². The third-order valence-corrected chi connectivity index (χ3v) is 5.06. The molecule has 2 aromatic rings. The van der Waals surface area contributed by atoms with Gasteiger partial charge in [-0.15, -0.1) is 0 Å². The molecule has 9 nitrogen and oxygen atoms in total. The molecule has 1 aromatic heterocycles. The molecule has 3 rings (SSSR count). The highest BCUT2D eigenvalue weighted by Crippen LogP contribution is 2.38. The van der Waals surface area contributed by atoms with Crippen molar-refractivity contribution in [2.75, 3.05) is 6.61 Å². The van der Waals surface area contributed by atoms with Crippen LogP contribution in [0.15, 0.2) is 30.3 Å². The molecule has 9 heteroatoms. The minimum atomic E-state index is -1.02. The van der Waals surface area contributed by atoms with Crippen LogP contribution in [0.5, 0.6) is 0 Å². The number of ketones is 1. The summed E-state index contributed by atoms with van der Waals surface area (Å²) in [6, 6.07) is 6.39. The Labute approximate surface area is 173 Å². The number of amides is 1. The molecular weight excluding hydrogens is 390 g/mol. The summed E-state index contributed by atoms with van der Waals surface area (Å²) in [5.41, 5.74) is 2.21. The number of carbonyl (C=O) groups excluding carboxylic acids is 3. The zero-order valence-corrected chi connectivity index (χ0v) is 17.0. The topological polar surface area (TPSA) is 121 Å². The summed E-state index contributed by atoms with van der Waals surface area (Å²) >= 11 is 0. The maximum absolute atomic E-state index is 12.5. The zero-order chi connectivity index (χ0) is 22.0. The Bertz CT molecular complexity index is 1020. The van der Waals surface area contributed by atoms with Crippen molar-refractivity contribution in [1.29, 1.82) is 0 Å². The lowest BCUT2D eigenvalue weighted by Crippen LogP contribution is -2.40. The number of benzene rings is 1. The van der Waals surface area contributed by atoms with Crippen LogP contribution in [0.25, 0.3) is 0 Å². The van der Waals surface area contributed by atoms with Gasteiger partial charge in [0, 0.05) is 40.7 Å². The molecule has 1 N–H and O–H groups in total. The molecule has 0 aliphatic heterocycles. The number of esters is 1. The Morgan fingerprint density at radius 2 is 1.97 bits per heavy atom. The Morgan fingerprint density at radius 1 is 1.27 bits per heavy atom. The van der Waals surface area contributed by atoms with E-state index in [0.717, 1.165) is 30.3 Å². The Kier molecular flexibility index (Phi) is 6.00. The first-order valence-electron chi connectivity index (χ1n) is 9.62. The molecule has 0 unspecified atom stereocenters. The number of hydrogen-bond donors (Lipinski definition) is 1. The van der Waals surface area contributed by atoms with E-state index >= 15 is 0 Å². The molecule has 158 valence electrons. The lowest BCUT2D eigenvalue weighted by Gasteiger charge is -2.13. The van der Waals surface area contributed by atoms with E-state index in [1.165, 1.54) is 25.1 Å². The average Bonchev–Trinajstić information content (AvgIpc) is 3.50. The number of aryl methyl sites for hydroxylation is 1. The van der Waals surface area contributed by atoms with Gasteiger partial charge in [-0.1, -0.05) is 6.07 Å². The van der Waals surface area contributed by atoms with Gasteiger partial charge < -0.3 is 14.6 Å². The largest absolute Gasteiger partial charge is 0.456 e. The number of Topliss-reactive ketones (excluding diaryl/α,β-unsaturated/α-hetero) is 1. The van der Waals surface area contributed by atoms with Crippen LogP contribution in [0.4, 0.5) is 5.69 Å². The van der Waals surface area contributed by atoms with Gasteiger partial charge in [0.25, 0.3) is 11.6 Å². The van der Waals surface area contributed by atoms with Gasteiger partial charge in [-0.25, -0.2) is 4.79 Å². The van der Waals surface area contributed by atoms with E-state index in [9.17, 15) is 24.5 Å². The molecule has 1 fully saturated rings. The van der Waals surface area contributed by atoms with E-state index in [1.54, 1.807) is 6.07 Å². The molecule has 1 aliphatic rings. The van der Waals surface area contributed by atoms with Crippen molar-refractivity contribution < 1.29 is 24.0 Å². The summed E-state index contributed by atoms with van der Waals surface area (Å²) in [6.45, 7) is 4.81. The van der Waals surface area contributed by atoms with Gasteiger partial charge in [-0.2, -0.15) is 0 Å². The van der Waals surface area contributed by atoms with Gasteiger partial charge >= 0.3 is 5.97 Å². The van der Waals surface area contributed by atoms with Gasteiger partial charge in [0.2, 0.25) is 5.78 Å². The van der Waals surface area contributed by atoms with Crippen molar-refractivity contribution in [2.45, 2.75) is 45.7 Å². The van der Waals surface area contributed by atoms with Crippen molar-refractivity contribution in [3.8, 4) is 0 Å². The van der Waals surface area contributed by atoms with Crippen LogP contribution in [-0.2, 0) is 9.53 Å². The van der Waals surface area contributed by atoms with E-state index in [-0.39, 0.29) is 17.0 Å². The van der Waals surface area contributed by atoms with Gasteiger partial charge in [0.15, 0.2) is 6.61 Å². The second-order valence-electron chi connectivity index (χ2n) is 7.42. The second kappa shape index (κ2) is 8.48. The number of nitrogens with one attached hydrogen (secondary N) is 1. The Hall–Kier alpha value is -3.49. The van der Waals surface area contributed by atoms with E-state index < -0.39 is 29.4 Å². The van der Waals surface area contributed by atoms with E-state index in [0.29, 0.717) is 11.6 Å². The smallest absolute Gasteiger partial charge is 0.328 e. The number of nitro benzene ring substituents is 1. The Balaban J connectivity index is 1.56. The second-order valence-corrected chi connectivity index (χ2v) is 7.42. The maximum Gasteiger partial charge on any atom is 0.328 e. The summed E-state index contributed by atoms with van der Waals surface area (Å²) in [4.78, 5) is 47.1. The highest BCUT2D eigenvalue weighted by atomic mass is 16.6. The number of rotatable bonds is 8. The molecule has 1 aliphatic carbocycles. The molecular formula is C21H23N3O6. The predicted octanol–water partition coefficient (Wildman–Crippen LogP) is 2.89. The van der Waals surface area contributed by atoms with E-state index in [1.807, 2.05) is 13.8 Å². The fraction of sp³-hybridized carbons (Fsp3) is 0.381. The predicted molar refractivity (Wildman–Crippen MR) is 107 cm³/mol. The number of ether oxygens (including phenoxy) is 1. The van der Waals surface area contributed by atoms with Crippen molar-refractivity contribution in [1.82, 2.24) is 9.88 Å². The summed E-state index contributed by atoms with van der Waals surface area (Å²) in [6.07, 6.45) is 2.20. The minimum Gasteiger partial charge on any atom is -0.456 e. The highest BCUT2D eigenvalue weighted by Gasteiger charge is 2.29. The number of carbonyl (C=O) groups is 3. The van der Waals surface area contributed by atoms with Crippen molar-refractivity contribution in [3.63, 3.8) is 0 Å². The van der Waals surface area contributed by atoms with Gasteiger partial charge in [0.1, 0.15) is 6.04 Å². The number of aromatic nitrogens is 1. The first-order valence-corrected chi connectivity index (χ1v) is 9.62. The molecule has 0 saturated heterocycles. The monoisotopic (exact) mass is 413 g/mol. The number of nitro groups is 1. The lowest BCUT2D eigenvalue weighted by molar-refractivity contribution is -0.384. The fourth-order valence-corrected chi connectivity index (χ4v) is 3.39. The van der Waals surface area contributed by atoms with Crippen LogP contribution in [-0.4, -0.2) is 39.8 Å². The minimum absolute atomic E-state index is 0.0486. The molecule has 0 spiro atoms. The van der Waals surface area contributed by atoms with E-state index in [2.05, 4.69) is 9.88 Å². The molecule has 0 bridgehead atoms. The average molecular weight is 413 g/mol. The van der Waals surface area contributed by atoms with E-state index in [4.69, 9.17) is 4.74 Å². The molecule has 1 saturated carbocycles. The van der Waals surface area contributed by atoms with Crippen LogP contribution in [0.3, 0.4) is 0 Å². The summed E-state index contributed by atoms with van der Waals surface area (Å²) in [5.74, 6) is -1.72. The molecule has 1 aromatic carbocycles. The van der Waals surface area contributed by atoms with Crippen molar-refractivity contribution >= 4 is 23.3 Å². The van der Waals surface area contributed by atoms with Crippen molar-refractivity contribution in [2.24, 2.45) is 0 Å². The summed E-state index contributed by atoms with van der Waals surface area (Å²) in [7, 11) is 0. The van der Waals surface area contributed by atoms with Crippen LogP contribution >= 0.6 is 0 Å². The lowest BCUT2D eigenvalue weighted by atomic mass is 10.1. The molecule has 0 radical (unpaired) electrons. The summed E-state index contributed by atoms with van der Waals surface area (Å²) < 4.78 is 7.21. The zero-order valence-electron chi connectivity index (χ0n) is 17.0. The first kappa shape index (κ1) is 21.2. The molecule has 1 amide bonds. The standard InChI is InChI=1S/C21H23N3O6/c1-12-9-18(14(3)23(12)16-7-8-16)19(25)11-30-21(27)13(2)22-20(26)15-5-4-6-17(10-15)24(28)29/h4-6,9-10,13,16H,7-8,11H2,1-3H3,(H,22,26)/t13-/m0/s1. The molecule has 1 atom stereocenters. The van der Waals surface area contributed by atoms with Gasteiger partial charge in [-0.05, 0) is 45.7 Å². The van der Waals surface area contributed by atoms with Gasteiger partial charge in [-0.3, -0.25) is 19.7 Å². The number of hydrogen-bond acceptors (Lipinski definition) is 6. The molecule has 30 heavy (non-hydrogen) atoms. The maximum atomic E-state index is 12.5. The number of nitrogens with zero attached hydrogens (tertiary/aromatic N) is 2. The molecule has 1 heterocycles. The van der Waals surface area contributed by atoms with Crippen LogP contribution in [0.2, 0.25) is 0 Å². The van der Waals surface area contributed by atoms with Crippen LogP contribution in [0.1, 0.15) is 57.9 Å². The SMILES string of the molecule is Cc1cc(C(=O)COC(=O)[C@H](C)NC(=O)c2cccc([N+](=O)[O-])c2)c(C)n1C1CC1. The third-order valence-electron chi connectivity index (χ3n) is 5.06. The summed E-state index contributed by atoms with van der Waals surface area (Å²) in [5, 5.41) is 13.2. The quantitative estimate of drug-likeness (QED) is 0.307. The first-order chi connectivity index (χ1) is 14.2. The van der Waals surface area contributed by atoms with Crippen LogP contribution < -0.4 is 5.32 Å². The van der Waals surface area contributed by atoms with Crippen molar-refractivity contribution in [3.05, 3.63) is 63.0 Å². The fourth-order valence-electron chi connectivity index (χ4n) is 3.39. The highest BCUT2D eigenvalue weighted by molar-refractivity contribution is 6.00. The van der Waals surface area contributed by atoms with Crippen LogP contribution in [0, 0.1) is 24.0 Å². The number of non-ortho nitro benzene ring substituents is 1. The Morgan fingerprint density at radius 3 is 2.60 bits per heavy atom. The normalized spacial score (nSPS) is 14.1.